The van der Waals surface area contributed by atoms with E-state index < -0.39 is 0 Å². The van der Waals surface area contributed by atoms with Crippen LogP contribution in [0.3, 0.4) is 0 Å². The molecule has 2 N–H and O–H groups in total. The minimum Gasteiger partial charge on any atom is -0.489 e. The molecule has 0 aliphatic carbocycles. The predicted molar refractivity (Wildman–Crippen MR) is 292 cm³/mol. The van der Waals surface area contributed by atoms with Gasteiger partial charge in [0.05, 0.1) is 39.6 Å². The summed E-state index contributed by atoms with van der Waals surface area (Å²) in [6.07, 6.45) is 27.1. The lowest BCUT2D eigenvalue weighted by Gasteiger charge is -2.20. The van der Waals surface area contributed by atoms with Gasteiger partial charge in [0.1, 0.15) is 0 Å². The van der Waals surface area contributed by atoms with Crippen molar-refractivity contribution in [1.29, 1.82) is 0 Å². The van der Waals surface area contributed by atoms with Crippen LogP contribution in [0.5, 0.6) is 34.5 Å². The Morgan fingerprint density at radius 3 is 0.957 bits per heavy atom. The molecule has 0 spiro atoms. The molecule has 4 aromatic rings. The number of benzene rings is 3. The Hall–Kier alpha value is -4.93. The fraction of sp³-hybridized carbons (Fsp3) is 0.627. The Labute approximate surface area is 424 Å². The molecule has 0 amide bonds. The summed E-state index contributed by atoms with van der Waals surface area (Å²) in [6.45, 7) is 20.9. The van der Waals surface area contributed by atoms with E-state index in [-0.39, 0.29) is 0 Å². The molecule has 0 saturated heterocycles. The minimum atomic E-state index is 0.358. The molecular formula is C59H92N5O6. The highest BCUT2D eigenvalue weighted by molar-refractivity contribution is 5.70. The summed E-state index contributed by atoms with van der Waals surface area (Å²) in [7, 11) is 0. The van der Waals surface area contributed by atoms with Gasteiger partial charge in [0, 0.05) is 41.2 Å². The summed E-state index contributed by atoms with van der Waals surface area (Å²) < 4.78 is 39.3. The van der Waals surface area contributed by atoms with E-state index in [0.29, 0.717) is 98.3 Å². The molecule has 0 aliphatic rings. The second kappa shape index (κ2) is 36.1. The number of rotatable bonds is 42. The van der Waals surface area contributed by atoms with Crippen LogP contribution in [0.2, 0.25) is 0 Å². The van der Waals surface area contributed by atoms with E-state index in [1.54, 1.807) is 0 Å². The molecule has 0 atom stereocenters. The molecule has 3 aromatic carbocycles. The van der Waals surface area contributed by atoms with Gasteiger partial charge in [0.2, 0.25) is 23.4 Å². The van der Waals surface area contributed by atoms with Gasteiger partial charge in [-0.3, -0.25) is 0 Å². The first-order chi connectivity index (χ1) is 34.5. The summed E-state index contributed by atoms with van der Waals surface area (Å²) in [5, 5.41) is 7.08. The lowest BCUT2D eigenvalue weighted by atomic mass is 10.1. The van der Waals surface area contributed by atoms with Gasteiger partial charge in [0.25, 0.3) is 0 Å². The first-order valence-corrected chi connectivity index (χ1v) is 27.8. The Kier molecular flexibility index (Phi) is 29.7. The Bertz CT molecular complexity index is 1790. The van der Waals surface area contributed by atoms with E-state index in [4.69, 9.17) is 43.4 Å². The SMILES string of the molecule is [CH2]Cc1ccc(-c2nc(Nc3cc(OCCCCCC)c(OCCCCCC)c(OCCCCCC)c3)nc(Nc3cc(OCCCCCC)c(OCCCCCC)c(OCCCCCC)c3)n2)cc1. The topological polar surface area (TPSA) is 118 Å². The quantitative estimate of drug-likeness (QED) is 0.0413. The molecule has 1 radical (unpaired) electrons. The first kappa shape index (κ1) is 57.6. The molecule has 1 heterocycles. The lowest BCUT2D eigenvalue weighted by Crippen LogP contribution is -2.09. The van der Waals surface area contributed by atoms with Crippen molar-refractivity contribution >= 4 is 23.3 Å². The monoisotopic (exact) mass is 967 g/mol. The fourth-order valence-corrected chi connectivity index (χ4v) is 7.96. The normalized spacial score (nSPS) is 11.1. The molecule has 1 aromatic heterocycles. The Balaban J connectivity index is 1.80. The average molecular weight is 967 g/mol. The van der Waals surface area contributed by atoms with Crippen molar-refractivity contribution in [3.05, 3.63) is 61.0 Å². The highest BCUT2D eigenvalue weighted by atomic mass is 16.5. The molecule has 11 nitrogen and oxygen atoms in total. The molecule has 0 aliphatic heterocycles. The van der Waals surface area contributed by atoms with Crippen molar-refractivity contribution < 1.29 is 28.4 Å². The minimum absolute atomic E-state index is 0.358. The lowest BCUT2D eigenvalue weighted by molar-refractivity contribution is 0.235. The van der Waals surface area contributed by atoms with Crippen molar-refractivity contribution in [2.24, 2.45) is 0 Å². The molecular weight excluding hydrogens is 875 g/mol. The maximum atomic E-state index is 6.56. The third-order valence-electron chi connectivity index (χ3n) is 12.2. The van der Waals surface area contributed by atoms with Gasteiger partial charge >= 0.3 is 0 Å². The summed E-state index contributed by atoms with van der Waals surface area (Å²) in [6, 6.07) is 16.1. The summed E-state index contributed by atoms with van der Waals surface area (Å²) >= 11 is 0. The number of hydrogen-bond acceptors (Lipinski definition) is 11. The smallest absolute Gasteiger partial charge is 0.232 e. The van der Waals surface area contributed by atoms with Crippen molar-refractivity contribution in [2.75, 3.05) is 50.3 Å². The number of nitrogens with one attached hydrogen (secondary N) is 2. The van der Waals surface area contributed by atoms with Crippen LogP contribution in [0.4, 0.5) is 23.3 Å². The van der Waals surface area contributed by atoms with Crippen LogP contribution < -0.4 is 39.1 Å². The van der Waals surface area contributed by atoms with Crippen LogP contribution in [0.15, 0.2) is 48.5 Å². The van der Waals surface area contributed by atoms with Gasteiger partial charge in [0.15, 0.2) is 28.8 Å². The van der Waals surface area contributed by atoms with Crippen LogP contribution >= 0.6 is 0 Å². The number of anilines is 4. The van der Waals surface area contributed by atoms with Crippen molar-refractivity contribution in [2.45, 2.75) is 202 Å². The second-order valence-corrected chi connectivity index (χ2v) is 18.6. The molecule has 4 rings (SSSR count). The highest BCUT2D eigenvalue weighted by Gasteiger charge is 2.20. The molecule has 0 bridgehead atoms. The van der Waals surface area contributed by atoms with E-state index in [0.717, 1.165) is 125 Å². The predicted octanol–water partition coefficient (Wildman–Crippen LogP) is 17.2. The second-order valence-electron chi connectivity index (χ2n) is 18.6. The number of nitrogens with zero attached hydrogens (tertiary/aromatic N) is 3. The third kappa shape index (κ3) is 22.0. The maximum Gasteiger partial charge on any atom is 0.232 e. The fourth-order valence-electron chi connectivity index (χ4n) is 7.96. The van der Waals surface area contributed by atoms with Crippen molar-refractivity contribution in [3.8, 4) is 45.9 Å². The third-order valence-corrected chi connectivity index (χ3v) is 12.2. The van der Waals surface area contributed by atoms with Gasteiger partial charge in [-0.05, 0) is 57.4 Å². The number of ether oxygens (including phenoxy) is 6. The zero-order valence-electron chi connectivity index (χ0n) is 44.5. The summed E-state index contributed by atoms with van der Waals surface area (Å²) in [5.74, 6) is 5.11. The zero-order chi connectivity index (χ0) is 49.9. The molecule has 0 unspecified atom stereocenters. The van der Waals surface area contributed by atoms with Crippen LogP contribution in [0, 0.1) is 6.92 Å². The number of hydrogen-bond donors (Lipinski definition) is 2. The summed E-state index contributed by atoms with van der Waals surface area (Å²) in [4.78, 5) is 15.0. The van der Waals surface area contributed by atoms with Crippen LogP contribution in [-0.4, -0.2) is 54.6 Å². The molecule has 0 fully saturated rings. The van der Waals surface area contributed by atoms with Gasteiger partial charge in [-0.1, -0.05) is 181 Å². The molecule has 11 heteroatoms. The van der Waals surface area contributed by atoms with Gasteiger partial charge in [-0.25, -0.2) is 0 Å². The van der Waals surface area contributed by atoms with Gasteiger partial charge < -0.3 is 39.1 Å². The van der Waals surface area contributed by atoms with Crippen molar-refractivity contribution in [3.63, 3.8) is 0 Å². The van der Waals surface area contributed by atoms with E-state index >= 15 is 0 Å². The Morgan fingerprint density at radius 2 is 0.671 bits per heavy atom. The zero-order valence-corrected chi connectivity index (χ0v) is 44.5. The number of aromatic nitrogens is 3. The highest BCUT2D eigenvalue weighted by Crippen LogP contribution is 2.44. The average Bonchev–Trinajstić information content (AvgIpc) is 3.37. The van der Waals surface area contributed by atoms with Crippen molar-refractivity contribution in [1.82, 2.24) is 15.0 Å². The van der Waals surface area contributed by atoms with Gasteiger partial charge in [-0.2, -0.15) is 15.0 Å². The maximum absolute atomic E-state index is 6.56. The molecule has 0 saturated carbocycles. The van der Waals surface area contributed by atoms with E-state index in [9.17, 15) is 0 Å². The standard InChI is InChI=1S/C59H92N5O6/c1-8-15-21-27-37-65-51-43-49(44-52(66-38-28-22-16-9-2)55(51)69-41-31-25-19-12-5)60-58-62-57(48-35-33-47(14-7)34-36-48)63-59(64-58)61-50-45-53(67-39-29-23-17-10-3)56(70-42-32-26-20-13-6)54(46-50)68-40-30-24-18-11-4/h33-36,43-46H,7-32,37-42H2,1-6H3,(H2,60,61,62,63,64). The van der Waals surface area contributed by atoms with E-state index in [1.165, 1.54) is 51.4 Å². The summed E-state index contributed by atoms with van der Waals surface area (Å²) in [5.41, 5.74) is 3.42. The number of unbranched alkanes of at least 4 members (excludes halogenated alkanes) is 18. The Morgan fingerprint density at radius 1 is 0.371 bits per heavy atom. The molecule has 70 heavy (non-hydrogen) atoms. The molecule has 389 valence electrons. The van der Waals surface area contributed by atoms with E-state index in [2.05, 4.69) is 71.2 Å². The van der Waals surface area contributed by atoms with Gasteiger partial charge in [-0.15, -0.1) is 0 Å². The van der Waals surface area contributed by atoms with Crippen LogP contribution in [-0.2, 0) is 6.42 Å². The largest absolute Gasteiger partial charge is 0.489 e. The van der Waals surface area contributed by atoms with Crippen LogP contribution in [0.25, 0.3) is 11.4 Å². The first-order valence-electron chi connectivity index (χ1n) is 27.8. The van der Waals surface area contributed by atoms with E-state index in [1.807, 2.05) is 36.4 Å². The van der Waals surface area contributed by atoms with Crippen LogP contribution in [0.1, 0.15) is 201 Å².